The zero-order valence-electron chi connectivity index (χ0n) is 12.3. The predicted molar refractivity (Wildman–Crippen MR) is 81.6 cm³/mol. The molecule has 1 aliphatic rings. The van der Waals surface area contributed by atoms with Crippen LogP contribution < -0.4 is 10.8 Å². The summed E-state index contributed by atoms with van der Waals surface area (Å²) in [7, 11) is -1.64. The molecular formula is C14H19BClNO4. The van der Waals surface area contributed by atoms with Gasteiger partial charge in [0.1, 0.15) is 5.60 Å². The third-order valence-corrected chi connectivity index (χ3v) is 3.53. The molecule has 1 aliphatic carbocycles. The smallest absolute Gasteiger partial charge is 0.444 e. The van der Waals surface area contributed by atoms with Gasteiger partial charge in [-0.25, -0.2) is 4.79 Å². The maximum atomic E-state index is 12.0. The van der Waals surface area contributed by atoms with Gasteiger partial charge in [-0.3, -0.25) is 0 Å². The Bertz CT molecular complexity index is 552. The molecule has 7 heteroatoms. The fourth-order valence-electron chi connectivity index (χ4n) is 2.27. The number of ether oxygens (including phenoxy) is 1. The highest BCUT2D eigenvalue weighted by atomic mass is 35.5. The fraction of sp³-hybridized carbons (Fsp3) is 0.500. The van der Waals surface area contributed by atoms with Gasteiger partial charge in [0.15, 0.2) is 0 Å². The summed E-state index contributed by atoms with van der Waals surface area (Å²) < 4.78 is 5.26. The maximum Gasteiger partial charge on any atom is 0.488 e. The molecule has 0 heterocycles. The number of carbonyl (C=O) groups excluding carboxylic acids is 1. The number of alkyl carbamates (subject to hydrolysis) is 1. The van der Waals surface area contributed by atoms with Crippen LogP contribution in [0.3, 0.4) is 0 Å². The van der Waals surface area contributed by atoms with Crippen molar-refractivity contribution in [2.75, 3.05) is 0 Å². The highest BCUT2D eigenvalue weighted by Gasteiger charge is 2.48. The van der Waals surface area contributed by atoms with E-state index in [1.54, 1.807) is 32.9 Å². The number of nitrogens with one attached hydrogen (secondary N) is 1. The van der Waals surface area contributed by atoms with Crippen LogP contribution in [-0.4, -0.2) is 28.9 Å². The molecule has 0 unspecified atom stereocenters. The topological polar surface area (TPSA) is 78.8 Å². The lowest BCUT2D eigenvalue weighted by molar-refractivity contribution is 0.0495. The van der Waals surface area contributed by atoms with E-state index in [1.165, 1.54) is 6.07 Å². The van der Waals surface area contributed by atoms with Gasteiger partial charge in [-0.1, -0.05) is 17.7 Å². The van der Waals surface area contributed by atoms with E-state index in [-0.39, 0.29) is 0 Å². The Morgan fingerprint density at radius 1 is 1.38 bits per heavy atom. The Hall–Kier alpha value is -1.24. The normalized spacial score (nSPS) is 16.3. The Balaban J connectivity index is 2.23. The van der Waals surface area contributed by atoms with Crippen LogP contribution in [0.15, 0.2) is 18.2 Å². The van der Waals surface area contributed by atoms with E-state index in [0.29, 0.717) is 28.9 Å². The lowest BCUT2D eigenvalue weighted by atomic mass is 9.74. The van der Waals surface area contributed by atoms with Crippen molar-refractivity contribution in [1.82, 2.24) is 5.32 Å². The minimum Gasteiger partial charge on any atom is -0.444 e. The first kappa shape index (κ1) is 16.1. The molecule has 1 amide bonds. The molecule has 1 fully saturated rings. The van der Waals surface area contributed by atoms with Crippen molar-refractivity contribution >= 4 is 30.3 Å². The summed E-state index contributed by atoms with van der Waals surface area (Å²) in [6.07, 6.45) is 0.912. The minimum absolute atomic E-state index is 0.302. The lowest BCUT2D eigenvalue weighted by Gasteiger charge is -2.25. The van der Waals surface area contributed by atoms with Crippen LogP contribution in [-0.2, 0) is 10.3 Å². The second kappa shape index (κ2) is 5.52. The molecule has 5 nitrogen and oxygen atoms in total. The number of hydrogen-bond acceptors (Lipinski definition) is 4. The first-order valence-electron chi connectivity index (χ1n) is 6.80. The minimum atomic E-state index is -1.64. The number of carbonyl (C=O) groups is 1. The van der Waals surface area contributed by atoms with Crippen LogP contribution >= 0.6 is 11.6 Å². The highest BCUT2D eigenvalue weighted by molar-refractivity contribution is 6.59. The van der Waals surface area contributed by atoms with E-state index >= 15 is 0 Å². The van der Waals surface area contributed by atoms with Crippen LogP contribution in [0.1, 0.15) is 39.2 Å². The maximum absolute atomic E-state index is 12.0. The van der Waals surface area contributed by atoms with Crippen molar-refractivity contribution in [3.63, 3.8) is 0 Å². The van der Waals surface area contributed by atoms with Crippen LogP contribution in [0.4, 0.5) is 4.79 Å². The molecule has 0 saturated heterocycles. The second-order valence-corrected chi connectivity index (χ2v) is 6.75. The molecule has 1 aromatic carbocycles. The molecular weight excluding hydrogens is 292 g/mol. The zero-order chi connectivity index (χ0) is 15.8. The van der Waals surface area contributed by atoms with Gasteiger partial charge in [-0.15, -0.1) is 0 Å². The average molecular weight is 312 g/mol. The molecule has 21 heavy (non-hydrogen) atoms. The van der Waals surface area contributed by atoms with Gasteiger partial charge in [0, 0.05) is 5.02 Å². The van der Waals surface area contributed by atoms with Gasteiger partial charge in [0.2, 0.25) is 0 Å². The van der Waals surface area contributed by atoms with E-state index in [9.17, 15) is 14.8 Å². The molecule has 0 spiro atoms. The Morgan fingerprint density at radius 3 is 2.48 bits per heavy atom. The fourth-order valence-corrected chi connectivity index (χ4v) is 2.45. The van der Waals surface area contributed by atoms with Crippen molar-refractivity contribution in [3.05, 3.63) is 28.8 Å². The first-order valence-corrected chi connectivity index (χ1v) is 7.18. The Kier molecular flexibility index (Phi) is 4.24. The van der Waals surface area contributed by atoms with Crippen LogP contribution in [0, 0.1) is 0 Å². The average Bonchev–Trinajstić information content (AvgIpc) is 3.06. The number of benzene rings is 1. The number of rotatable bonds is 3. The van der Waals surface area contributed by atoms with Crippen molar-refractivity contribution in [2.24, 2.45) is 0 Å². The van der Waals surface area contributed by atoms with Crippen molar-refractivity contribution in [3.8, 4) is 0 Å². The van der Waals surface area contributed by atoms with Gasteiger partial charge in [0.05, 0.1) is 5.54 Å². The highest BCUT2D eigenvalue weighted by Crippen LogP contribution is 2.45. The van der Waals surface area contributed by atoms with Gasteiger partial charge >= 0.3 is 13.2 Å². The van der Waals surface area contributed by atoms with Crippen molar-refractivity contribution < 1.29 is 19.6 Å². The first-order chi connectivity index (χ1) is 9.63. The Labute approximate surface area is 129 Å². The monoisotopic (exact) mass is 311 g/mol. The number of amides is 1. The summed E-state index contributed by atoms with van der Waals surface area (Å²) in [5.41, 5.74) is -0.227. The van der Waals surface area contributed by atoms with Gasteiger partial charge in [-0.2, -0.15) is 0 Å². The largest absolute Gasteiger partial charge is 0.488 e. The zero-order valence-corrected chi connectivity index (χ0v) is 13.1. The molecule has 1 saturated carbocycles. The van der Waals surface area contributed by atoms with Crippen LogP contribution in [0.2, 0.25) is 5.02 Å². The summed E-state index contributed by atoms with van der Waals surface area (Å²) in [4.78, 5) is 12.0. The molecule has 0 bridgehead atoms. The molecule has 0 radical (unpaired) electrons. The molecule has 0 atom stereocenters. The van der Waals surface area contributed by atoms with Crippen LogP contribution in [0.5, 0.6) is 0 Å². The standard InChI is InChI=1S/C14H19BClNO4/c1-13(2,3)21-12(18)17-14(6-7-14)10-5-4-9(16)8-11(10)15(19)20/h4-5,8,19-20H,6-7H2,1-3H3,(H,17,18). The third-order valence-electron chi connectivity index (χ3n) is 3.30. The van der Waals surface area contributed by atoms with Crippen LogP contribution in [0.25, 0.3) is 0 Å². The third kappa shape index (κ3) is 3.90. The number of hydrogen-bond donors (Lipinski definition) is 3. The van der Waals surface area contributed by atoms with E-state index in [2.05, 4.69) is 5.32 Å². The summed E-state index contributed by atoms with van der Waals surface area (Å²) in [5, 5.41) is 22.2. The van der Waals surface area contributed by atoms with Gasteiger partial charge in [0.25, 0.3) is 0 Å². The number of halogens is 1. The second-order valence-electron chi connectivity index (χ2n) is 6.31. The van der Waals surface area contributed by atoms with Crippen molar-refractivity contribution in [2.45, 2.75) is 44.8 Å². The van der Waals surface area contributed by atoms with E-state index in [4.69, 9.17) is 16.3 Å². The summed E-state index contributed by atoms with van der Waals surface area (Å²) in [6.45, 7) is 5.37. The van der Waals surface area contributed by atoms with E-state index in [0.717, 1.165) is 0 Å². The van der Waals surface area contributed by atoms with Gasteiger partial charge in [-0.05, 0) is 56.8 Å². The molecule has 114 valence electrons. The quantitative estimate of drug-likeness (QED) is 0.740. The van der Waals surface area contributed by atoms with Crippen molar-refractivity contribution in [1.29, 1.82) is 0 Å². The molecule has 0 aliphatic heterocycles. The summed E-state index contributed by atoms with van der Waals surface area (Å²) in [6, 6.07) is 4.87. The molecule has 0 aromatic heterocycles. The predicted octanol–water partition coefficient (Wildman–Crippen LogP) is 1.53. The van der Waals surface area contributed by atoms with Gasteiger partial charge < -0.3 is 20.1 Å². The summed E-state index contributed by atoms with van der Waals surface area (Å²) >= 11 is 5.89. The molecule has 1 aromatic rings. The van der Waals surface area contributed by atoms with E-state index < -0.39 is 24.4 Å². The summed E-state index contributed by atoms with van der Waals surface area (Å²) in [5.74, 6) is 0. The molecule has 2 rings (SSSR count). The Morgan fingerprint density at radius 2 is 2.00 bits per heavy atom. The lowest BCUT2D eigenvalue weighted by Crippen LogP contribution is -2.44. The van der Waals surface area contributed by atoms with E-state index in [1.807, 2.05) is 0 Å². The SMILES string of the molecule is CC(C)(C)OC(=O)NC1(c2ccc(Cl)cc2B(O)O)CC1. The molecule has 3 N–H and O–H groups in total.